The number of hydrogen-bond donors (Lipinski definition) is 1. The molecule has 0 unspecified atom stereocenters. The molecule has 0 saturated heterocycles. The second-order valence-corrected chi connectivity index (χ2v) is 5.74. The van der Waals surface area contributed by atoms with Crippen molar-refractivity contribution >= 4 is 23.2 Å². The first-order valence-corrected chi connectivity index (χ1v) is 7.96. The fourth-order valence-electron chi connectivity index (χ4n) is 2.42. The average Bonchev–Trinajstić information content (AvgIpc) is 3.15. The highest BCUT2D eigenvalue weighted by Crippen LogP contribution is 2.27. The summed E-state index contributed by atoms with van der Waals surface area (Å²) in [5, 5.41) is 14.4. The van der Waals surface area contributed by atoms with Gasteiger partial charge in [-0.25, -0.2) is 4.68 Å². The molecule has 1 amide bonds. The van der Waals surface area contributed by atoms with Gasteiger partial charge in [-0.05, 0) is 34.2 Å². The van der Waals surface area contributed by atoms with E-state index in [0.29, 0.717) is 22.9 Å². The van der Waals surface area contributed by atoms with Gasteiger partial charge in [0.25, 0.3) is 0 Å². The van der Waals surface area contributed by atoms with Crippen molar-refractivity contribution in [1.29, 1.82) is 0 Å². The van der Waals surface area contributed by atoms with Crippen molar-refractivity contribution in [2.75, 3.05) is 12.4 Å². The molecule has 2 aromatic carbocycles. The molecule has 8 heteroatoms. The lowest BCUT2D eigenvalue weighted by Gasteiger charge is -2.17. The number of amides is 1. The molecule has 0 radical (unpaired) electrons. The number of carbonyl (C=O) groups is 1. The number of carbonyl (C=O) groups excluding carboxylic acids is 1. The molecular formula is C17H16ClN5O2. The zero-order chi connectivity index (χ0) is 17.6. The molecule has 0 aliphatic heterocycles. The fourth-order valence-corrected chi connectivity index (χ4v) is 2.68. The van der Waals surface area contributed by atoms with Gasteiger partial charge in [0.05, 0.1) is 12.1 Å². The Balaban J connectivity index is 1.81. The number of rotatable bonds is 6. The molecular weight excluding hydrogens is 342 g/mol. The number of hydrogen-bond acceptors (Lipinski definition) is 5. The van der Waals surface area contributed by atoms with Crippen molar-refractivity contribution < 1.29 is 9.53 Å². The maximum absolute atomic E-state index is 12.8. The van der Waals surface area contributed by atoms with Crippen LogP contribution in [0.15, 0.2) is 54.9 Å². The molecule has 0 fully saturated rings. The SMILES string of the molecule is COc1ccc(NC(=O)[C@H](Cc2ccccc2)n2cnnn2)cc1Cl. The third-order valence-corrected chi connectivity index (χ3v) is 3.97. The van der Waals surface area contributed by atoms with E-state index in [1.807, 2.05) is 30.3 Å². The number of nitrogens with zero attached hydrogens (tertiary/aromatic N) is 4. The summed E-state index contributed by atoms with van der Waals surface area (Å²) in [6.07, 6.45) is 1.88. The van der Waals surface area contributed by atoms with Crippen molar-refractivity contribution in [2.45, 2.75) is 12.5 Å². The number of halogens is 1. The van der Waals surface area contributed by atoms with Crippen molar-refractivity contribution in [1.82, 2.24) is 20.2 Å². The van der Waals surface area contributed by atoms with E-state index in [4.69, 9.17) is 16.3 Å². The zero-order valence-corrected chi connectivity index (χ0v) is 14.2. The number of aromatic nitrogens is 4. The molecule has 1 N–H and O–H groups in total. The van der Waals surface area contributed by atoms with Crippen LogP contribution in [-0.2, 0) is 11.2 Å². The average molecular weight is 358 g/mol. The summed E-state index contributed by atoms with van der Waals surface area (Å²) in [7, 11) is 1.53. The van der Waals surface area contributed by atoms with Crippen molar-refractivity contribution in [3.05, 3.63) is 65.4 Å². The monoisotopic (exact) mass is 357 g/mol. The van der Waals surface area contributed by atoms with E-state index in [2.05, 4.69) is 20.8 Å². The molecule has 1 aromatic heterocycles. The van der Waals surface area contributed by atoms with Gasteiger partial charge in [-0.1, -0.05) is 41.9 Å². The van der Waals surface area contributed by atoms with E-state index < -0.39 is 6.04 Å². The number of nitrogens with one attached hydrogen (secondary N) is 1. The van der Waals surface area contributed by atoms with E-state index in [9.17, 15) is 4.79 Å². The molecule has 25 heavy (non-hydrogen) atoms. The molecule has 3 rings (SSSR count). The topological polar surface area (TPSA) is 81.9 Å². The van der Waals surface area contributed by atoms with Crippen molar-refractivity contribution in [3.63, 3.8) is 0 Å². The highest BCUT2D eigenvalue weighted by molar-refractivity contribution is 6.32. The molecule has 0 spiro atoms. The van der Waals surface area contributed by atoms with Gasteiger partial charge in [0.2, 0.25) is 5.91 Å². The normalized spacial score (nSPS) is 11.8. The molecule has 0 saturated carbocycles. The summed E-state index contributed by atoms with van der Waals surface area (Å²) in [6.45, 7) is 0. The Morgan fingerprint density at radius 2 is 2.08 bits per heavy atom. The third-order valence-electron chi connectivity index (χ3n) is 3.68. The molecule has 1 atom stereocenters. The number of ether oxygens (including phenoxy) is 1. The molecule has 0 aliphatic carbocycles. The van der Waals surface area contributed by atoms with Gasteiger partial charge < -0.3 is 10.1 Å². The number of benzene rings is 2. The summed E-state index contributed by atoms with van der Waals surface area (Å²) in [4.78, 5) is 12.8. The molecule has 3 aromatic rings. The van der Waals surface area contributed by atoms with Crippen LogP contribution in [0, 0.1) is 0 Å². The van der Waals surface area contributed by atoms with Gasteiger partial charge >= 0.3 is 0 Å². The predicted molar refractivity (Wildman–Crippen MR) is 93.6 cm³/mol. The zero-order valence-electron chi connectivity index (χ0n) is 13.5. The summed E-state index contributed by atoms with van der Waals surface area (Å²) in [5.41, 5.74) is 1.58. The third kappa shape index (κ3) is 4.13. The Morgan fingerprint density at radius 1 is 1.28 bits per heavy atom. The maximum atomic E-state index is 12.8. The van der Waals surface area contributed by atoms with Crippen LogP contribution in [-0.4, -0.2) is 33.2 Å². The van der Waals surface area contributed by atoms with Gasteiger partial charge in [-0.3, -0.25) is 4.79 Å². The summed E-state index contributed by atoms with van der Waals surface area (Å²) < 4.78 is 6.55. The Bertz CT molecular complexity index is 840. The first-order valence-electron chi connectivity index (χ1n) is 7.58. The molecule has 128 valence electrons. The summed E-state index contributed by atoms with van der Waals surface area (Å²) in [5.74, 6) is 0.304. The minimum Gasteiger partial charge on any atom is -0.495 e. The van der Waals surface area contributed by atoms with Gasteiger partial charge in [0.15, 0.2) is 0 Å². The Hall–Kier alpha value is -2.93. The van der Waals surface area contributed by atoms with Gasteiger partial charge in [-0.2, -0.15) is 0 Å². The van der Waals surface area contributed by atoms with Crippen LogP contribution in [0.1, 0.15) is 11.6 Å². The predicted octanol–water partition coefficient (Wildman–Crippen LogP) is 2.76. The van der Waals surface area contributed by atoms with E-state index in [1.165, 1.54) is 18.1 Å². The van der Waals surface area contributed by atoms with Crippen LogP contribution in [0.25, 0.3) is 0 Å². The standard InChI is InChI=1S/C17H16ClN5O2/c1-25-16-8-7-13(10-14(16)18)20-17(24)15(23-11-19-21-22-23)9-12-5-3-2-4-6-12/h2-8,10-11,15H,9H2,1H3,(H,20,24)/t15-/m0/s1. The first-order chi connectivity index (χ1) is 12.2. The minimum atomic E-state index is -0.585. The van der Waals surface area contributed by atoms with E-state index in [-0.39, 0.29) is 5.91 Å². The lowest BCUT2D eigenvalue weighted by atomic mass is 10.1. The second kappa shape index (κ2) is 7.76. The summed E-state index contributed by atoms with van der Waals surface area (Å²) in [6, 6.07) is 14.2. The van der Waals surface area contributed by atoms with E-state index in [0.717, 1.165) is 5.56 Å². The molecule has 0 bridgehead atoms. The van der Waals surface area contributed by atoms with Crippen molar-refractivity contribution in [3.8, 4) is 5.75 Å². The number of tetrazole rings is 1. The van der Waals surface area contributed by atoms with Crippen LogP contribution in [0.4, 0.5) is 5.69 Å². The van der Waals surface area contributed by atoms with Crippen LogP contribution < -0.4 is 10.1 Å². The lowest BCUT2D eigenvalue weighted by Crippen LogP contribution is -2.28. The Kier molecular flexibility index (Phi) is 5.25. The quantitative estimate of drug-likeness (QED) is 0.733. The first kappa shape index (κ1) is 16.9. The van der Waals surface area contributed by atoms with Crippen LogP contribution in [0.2, 0.25) is 5.02 Å². The largest absolute Gasteiger partial charge is 0.495 e. The fraction of sp³-hybridized carbons (Fsp3) is 0.176. The van der Waals surface area contributed by atoms with Gasteiger partial charge in [-0.15, -0.1) is 5.10 Å². The Morgan fingerprint density at radius 3 is 2.72 bits per heavy atom. The summed E-state index contributed by atoms with van der Waals surface area (Å²) >= 11 is 6.11. The maximum Gasteiger partial charge on any atom is 0.249 e. The van der Waals surface area contributed by atoms with Gasteiger partial charge in [0, 0.05) is 12.1 Å². The number of anilines is 1. The highest BCUT2D eigenvalue weighted by Gasteiger charge is 2.22. The van der Waals surface area contributed by atoms with E-state index in [1.54, 1.807) is 18.2 Å². The van der Waals surface area contributed by atoms with Crippen LogP contribution >= 0.6 is 11.6 Å². The molecule has 0 aliphatic rings. The van der Waals surface area contributed by atoms with Crippen LogP contribution in [0.5, 0.6) is 5.75 Å². The smallest absolute Gasteiger partial charge is 0.249 e. The van der Waals surface area contributed by atoms with Crippen molar-refractivity contribution in [2.24, 2.45) is 0 Å². The highest BCUT2D eigenvalue weighted by atomic mass is 35.5. The van der Waals surface area contributed by atoms with Gasteiger partial charge in [0.1, 0.15) is 18.1 Å². The van der Waals surface area contributed by atoms with E-state index >= 15 is 0 Å². The second-order valence-electron chi connectivity index (χ2n) is 5.33. The molecule has 7 nitrogen and oxygen atoms in total. The molecule has 1 heterocycles. The minimum absolute atomic E-state index is 0.239. The lowest BCUT2D eigenvalue weighted by molar-refractivity contribution is -0.119. The number of methoxy groups -OCH3 is 1. The van der Waals surface area contributed by atoms with Crippen LogP contribution in [0.3, 0.4) is 0 Å². The Labute approximate surface area is 149 Å².